The summed E-state index contributed by atoms with van der Waals surface area (Å²) >= 11 is 0. The van der Waals surface area contributed by atoms with Gasteiger partial charge in [0.15, 0.2) is 18.9 Å². The minimum atomic E-state index is -1.99. The zero-order valence-corrected chi connectivity index (χ0v) is 60.7. The van der Waals surface area contributed by atoms with E-state index in [1.165, 1.54) is 141 Å². The van der Waals surface area contributed by atoms with Gasteiger partial charge in [-0.1, -0.05) is 271 Å². The van der Waals surface area contributed by atoms with Crippen LogP contribution in [-0.2, 0) is 33.2 Å². The topological polar surface area (TPSA) is 307 Å². The molecule has 0 aromatic rings. The molecule has 3 aliphatic rings. The molecule has 3 fully saturated rings. The molecule has 0 radical (unpaired) electrons. The van der Waals surface area contributed by atoms with Crippen LogP contribution in [0, 0.1) is 0 Å². The van der Waals surface area contributed by atoms with Crippen molar-refractivity contribution in [3.05, 3.63) is 109 Å². The Morgan fingerprint density at radius 3 is 1.13 bits per heavy atom. The highest BCUT2D eigenvalue weighted by Gasteiger charge is 2.53. The Balaban J connectivity index is 1.43. The summed E-state index contributed by atoms with van der Waals surface area (Å²) in [6.07, 6.45) is 55.0. The molecule has 19 heteroatoms. The molecule has 0 spiro atoms. The van der Waals surface area contributed by atoms with Crippen LogP contribution in [0.25, 0.3) is 0 Å². The lowest BCUT2D eigenvalue weighted by Crippen LogP contribution is -2.66. The number of allylic oxidation sites excluding steroid dienone is 17. The van der Waals surface area contributed by atoms with E-state index in [0.29, 0.717) is 12.8 Å². The maximum atomic E-state index is 13.4. The fourth-order valence-electron chi connectivity index (χ4n) is 12.4. The Labute approximate surface area is 595 Å². The summed E-state index contributed by atoms with van der Waals surface area (Å²) in [5.41, 5.74) is 0. The second-order valence-electron chi connectivity index (χ2n) is 27.1. The zero-order valence-electron chi connectivity index (χ0n) is 60.7. The van der Waals surface area contributed by atoms with E-state index < -0.39 is 124 Å². The van der Waals surface area contributed by atoms with Crippen molar-refractivity contribution in [2.75, 3.05) is 26.4 Å². The predicted molar refractivity (Wildman–Crippen MR) is 392 cm³/mol. The lowest BCUT2D eigenvalue weighted by Gasteiger charge is -2.48. The standard InChI is InChI=1S/C80H137NO18/c1-3-5-7-9-11-13-15-17-19-21-23-25-27-29-30-31-32-34-35-37-39-41-43-45-47-49-51-53-55-57-64(85)63(81-68(86)58-56-54-52-50-48-46-44-42-40-38-36-33-28-26-24-22-20-18-16-14-12-10-8-6-4-2)62-94-78-74(92)71(89)76(66(60-83)96-78)99-80-75(93)72(90)77(67(61-84)97-80)98-79-73(91)70(88)69(87)65(59-82)95-79/h6,8,12,14,18,20,24,26,33,36,40,42,46-49,55,57,63-67,69-80,82-85,87-93H,3-5,7,9-11,13,15-17,19,21-23,25,27-32,34-35,37-39,41,43-45,50-54,56,58-62H2,1-2H3,(H,81,86)/b8-6-,14-12-,20-18-,26-24-,36-33-,42-40-,48-46-,49-47+,57-55+. The quantitative estimate of drug-likeness (QED) is 0.0199. The number of hydrogen-bond acceptors (Lipinski definition) is 18. The number of amides is 1. The largest absolute Gasteiger partial charge is 0.394 e. The van der Waals surface area contributed by atoms with Gasteiger partial charge in [-0.05, 0) is 89.9 Å². The van der Waals surface area contributed by atoms with Crippen molar-refractivity contribution in [2.24, 2.45) is 0 Å². The molecule has 570 valence electrons. The second kappa shape index (κ2) is 59.8. The highest BCUT2D eigenvalue weighted by atomic mass is 16.8. The molecule has 0 saturated carbocycles. The molecule has 17 atom stereocenters. The van der Waals surface area contributed by atoms with Crippen LogP contribution in [0.15, 0.2) is 109 Å². The second-order valence-corrected chi connectivity index (χ2v) is 27.1. The lowest BCUT2D eigenvalue weighted by atomic mass is 9.96. The van der Waals surface area contributed by atoms with Crippen molar-refractivity contribution in [1.29, 1.82) is 0 Å². The van der Waals surface area contributed by atoms with Crippen molar-refractivity contribution in [3.63, 3.8) is 0 Å². The number of carbonyl (C=O) groups excluding carboxylic acids is 1. The van der Waals surface area contributed by atoms with Crippen molar-refractivity contribution in [2.45, 2.75) is 362 Å². The zero-order chi connectivity index (χ0) is 71.8. The number of carbonyl (C=O) groups is 1. The highest BCUT2D eigenvalue weighted by molar-refractivity contribution is 5.76. The molecule has 0 aromatic heterocycles. The van der Waals surface area contributed by atoms with Crippen molar-refractivity contribution >= 4 is 5.91 Å². The maximum Gasteiger partial charge on any atom is 0.220 e. The van der Waals surface area contributed by atoms with E-state index in [0.717, 1.165) is 83.5 Å². The first-order chi connectivity index (χ1) is 48.3. The smallest absolute Gasteiger partial charge is 0.220 e. The summed E-state index contributed by atoms with van der Waals surface area (Å²) in [6.45, 7) is 1.59. The van der Waals surface area contributed by atoms with Gasteiger partial charge >= 0.3 is 0 Å². The molecule has 17 unspecified atom stereocenters. The minimum absolute atomic E-state index is 0.189. The molecular weight excluding hydrogens is 1260 g/mol. The van der Waals surface area contributed by atoms with E-state index in [-0.39, 0.29) is 18.9 Å². The van der Waals surface area contributed by atoms with Gasteiger partial charge in [0.1, 0.15) is 73.2 Å². The number of aliphatic hydroxyl groups excluding tert-OH is 11. The Morgan fingerprint density at radius 1 is 0.374 bits per heavy atom. The first kappa shape index (κ1) is 89.7. The monoisotopic (exact) mass is 1400 g/mol. The van der Waals surface area contributed by atoms with Crippen molar-refractivity contribution in [1.82, 2.24) is 5.32 Å². The highest BCUT2D eigenvalue weighted by Crippen LogP contribution is 2.33. The van der Waals surface area contributed by atoms with Crippen molar-refractivity contribution in [3.8, 4) is 0 Å². The molecule has 0 bridgehead atoms. The Hall–Kier alpha value is -3.55. The normalized spacial score (nSPS) is 27.2. The third kappa shape index (κ3) is 40.3. The molecule has 0 aromatic carbocycles. The number of ether oxygens (including phenoxy) is 6. The number of aliphatic hydroxyl groups is 11. The molecule has 19 nitrogen and oxygen atoms in total. The van der Waals surface area contributed by atoms with Crippen LogP contribution < -0.4 is 5.32 Å². The fraction of sp³-hybridized carbons (Fsp3) is 0.762. The van der Waals surface area contributed by atoms with E-state index in [4.69, 9.17) is 28.4 Å². The Kier molecular flexibility index (Phi) is 54.2. The third-order valence-corrected chi connectivity index (χ3v) is 18.6. The van der Waals surface area contributed by atoms with Gasteiger partial charge in [-0.25, -0.2) is 0 Å². The van der Waals surface area contributed by atoms with Gasteiger partial charge in [0.2, 0.25) is 5.91 Å². The first-order valence-electron chi connectivity index (χ1n) is 38.6. The summed E-state index contributed by atoms with van der Waals surface area (Å²) in [6, 6.07) is -1.02. The van der Waals surface area contributed by atoms with E-state index >= 15 is 0 Å². The summed E-state index contributed by atoms with van der Waals surface area (Å²) in [5.74, 6) is -0.320. The van der Waals surface area contributed by atoms with Gasteiger partial charge in [0.05, 0.1) is 38.6 Å². The van der Waals surface area contributed by atoms with Crippen molar-refractivity contribution < 1.29 is 89.4 Å². The van der Waals surface area contributed by atoms with Gasteiger partial charge in [-0.3, -0.25) is 4.79 Å². The molecular formula is C80H137NO18. The fourth-order valence-corrected chi connectivity index (χ4v) is 12.4. The average molecular weight is 1400 g/mol. The van der Waals surface area contributed by atoms with E-state index in [1.54, 1.807) is 6.08 Å². The van der Waals surface area contributed by atoms with Crippen LogP contribution in [0.1, 0.15) is 258 Å². The van der Waals surface area contributed by atoms with Crippen LogP contribution in [0.5, 0.6) is 0 Å². The molecule has 1 amide bonds. The van der Waals surface area contributed by atoms with Crippen LogP contribution >= 0.6 is 0 Å². The predicted octanol–water partition coefficient (Wildman–Crippen LogP) is 12.2. The number of unbranched alkanes of at least 4 members (excludes halogenated alkanes) is 27. The van der Waals surface area contributed by atoms with Crippen LogP contribution in [0.4, 0.5) is 0 Å². The van der Waals surface area contributed by atoms with Gasteiger partial charge in [-0.15, -0.1) is 0 Å². The average Bonchev–Trinajstić information content (AvgIpc) is 0.755. The Morgan fingerprint density at radius 2 is 0.707 bits per heavy atom. The summed E-state index contributed by atoms with van der Waals surface area (Å²) in [7, 11) is 0. The molecule has 3 aliphatic heterocycles. The van der Waals surface area contributed by atoms with Crippen LogP contribution in [0.2, 0.25) is 0 Å². The number of rotatable bonds is 59. The Bertz CT molecular complexity index is 2220. The molecule has 3 heterocycles. The number of nitrogens with one attached hydrogen (secondary N) is 1. The molecule has 99 heavy (non-hydrogen) atoms. The summed E-state index contributed by atoms with van der Waals surface area (Å²) < 4.78 is 34.4. The lowest BCUT2D eigenvalue weighted by molar-refractivity contribution is -0.379. The molecule has 3 rings (SSSR count). The van der Waals surface area contributed by atoms with E-state index in [2.05, 4.69) is 116 Å². The SMILES string of the molecule is CC/C=C\C/C=C\C/C=C\C/C=C\C/C=C\C/C=C\C/C=C\CCCCCC(=O)NC(COC1OC(CO)C(OC2OC(CO)C(OC3OC(CO)C(O)C(O)C3O)C(O)C2O)C(O)C1O)C(O)/C=C/CC/C=C/CCCCCCCCCCCCCCCCCCCCCCCCC. The van der Waals surface area contributed by atoms with Crippen LogP contribution in [-0.4, -0.2) is 193 Å². The van der Waals surface area contributed by atoms with Crippen LogP contribution in [0.3, 0.4) is 0 Å². The third-order valence-electron chi connectivity index (χ3n) is 18.6. The first-order valence-corrected chi connectivity index (χ1v) is 38.6. The summed E-state index contributed by atoms with van der Waals surface area (Å²) in [4.78, 5) is 13.4. The molecule has 12 N–H and O–H groups in total. The number of hydrogen-bond donors (Lipinski definition) is 12. The molecule has 0 aliphatic carbocycles. The minimum Gasteiger partial charge on any atom is -0.394 e. The van der Waals surface area contributed by atoms with Gasteiger partial charge < -0.3 is 89.9 Å². The molecule has 3 saturated heterocycles. The maximum absolute atomic E-state index is 13.4. The van der Waals surface area contributed by atoms with E-state index in [1.807, 2.05) is 6.08 Å². The van der Waals surface area contributed by atoms with E-state index in [9.17, 15) is 61.0 Å². The van der Waals surface area contributed by atoms with Gasteiger partial charge in [0.25, 0.3) is 0 Å². The van der Waals surface area contributed by atoms with Gasteiger partial charge in [0, 0.05) is 6.42 Å². The summed E-state index contributed by atoms with van der Waals surface area (Å²) in [5, 5.41) is 121. The van der Waals surface area contributed by atoms with Gasteiger partial charge in [-0.2, -0.15) is 0 Å².